The van der Waals surface area contributed by atoms with Crippen LogP contribution in [-0.2, 0) is 6.42 Å². The molecule has 2 aromatic rings. The van der Waals surface area contributed by atoms with Crippen molar-refractivity contribution in [2.75, 3.05) is 6.54 Å². The molecule has 0 aliphatic rings. The van der Waals surface area contributed by atoms with Crippen LogP contribution in [0.3, 0.4) is 0 Å². The van der Waals surface area contributed by atoms with Crippen LogP contribution in [0.5, 0.6) is 0 Å². The van der Waals surface area contributed by atoms with E-state index in [4.69, 9.17) is 5.73 Å². The maximum Gasteiger partial charge on any atom is 0.312 e. The molecule has 0 saturated carbocycles. The van der Waals surface area contributed by atoms with Crippen LogP contribution in [0.15, 0.2) is 30.5 Å². The molecule has 0 aliphatic heterocycles. The number of H-pyrrole nitrogens is 1. The summed E-state index contributed by atoms with van der Waals surface area (Å²) < 4.78 is 0. The number of hydrogen-bond donors (Lipinski definition) is 3. The molecule has 4 nitrogen and oxygen atoms in total. The van der Waals surface area contributed by atoms with E-state index in [1.165, 1.54) is 10.9 Å². The van der Waals surface area contributed by atoms with Gasteiger partial charge in [-0.3, -0.25) is 0 Å². The van der Waals surface area contributed by atoms with E-state index in [2.05, 4.69) is 28.5 Å². The summed E-state index contributed by atoms with van der Waals surface area (Å²) in [5.41, 5.74) is 7.27. The van der Waals surface area contributed by atoms with E-state index < -0.39 is 6.03 Å². The van der Waals surface area contributed by atoms with Crippen molar-refractivity contribution in [3.63, 3.8) is 0 Å². The van der Waals surface area contributed by atoms with Crippen molar-refractivity contribution < 1.29 is 4.79 Å². The molecular weight excluding hydrogens is 190 g/mol. The van der Waals surface area contributed by atoms with E-state index in [1.54, 1.807) is 0 Å². The summed E-state index contributed by atoms with van der Waals surface area (Å²) in [7, 11) is 0. The Morgan fingerprint density at radius 1 is 1.40 bits per heavy atom. The Morgan fingerprint density at radius 3 is 3.07 bits per heavy atom. The number of hydrogen-bond acceptors (Lipinski definition) is 1. The van der Waals surface area contributed by atoms with E-state index in [0.29, 0.717) is 6.54 Å². The molecule has 0 saturated heterocycles. The molecule has 15 heavy (non-hydrogen) atoms. The fourth-order valence-electron chi connectivity index (χ4n) is 1.58. The molecule has 78 valence electrons. The lowest BCUT2D eigenvalue weighted by atomic mass is 10.1. The molecule has 0 atom stereocenters. The average Bonchev–Trinajstić information content (AvgIpc) is 2.64. The van der Waals surface area contributed by atoms with Gasteiger partial charge in [0.25, 0.3) is 0 Å². The van der Waals surface area contributed by atoms with E-state index in [9.17, 15) is 4.79 Å². The highest BCUT2D eigenvalue weighted by atomic mass is 16.2. The van der Waals surface area contributed by atoms with Crippen molar-refractivity contribution in [3.8, 4) is 0 Å². The first-order valence-corrected chi connectivity index (χ1v) is 4.85. The van der Waals surface area contributed by atoms with E-state index in [1.807, 2.05) is 12.3 Å². The average molecular weight is 203 g/mol. The van der Waals surface area contributed by atoms with Crippen molar-refractivity contribution >= 4 is 16.9 Å². The van der Waals surface area contributed by atoms with Crippen LogP contribution in [-0.4, -0.2) is 17.6 Å². The number of aromatic amines is 1. The van der Waals surface area contributed by atoms with Gasteiger partial charge in [-0.05, 0) is 29.5 Å². The van der Waals surface area contributed by atoms with Gasteiger partial charge in [0.2, 0.25) is 0 Å². The number of urea groups is 1. The van der Waals surface area contributed by atoms with E-state index in [-0.39, 0.29) is 0 Å². The first-order valence-electron chi connectivity index (χ1n) is 4.85. The smallest absolute Gasteiger partial charge is 0.312 e. The molecule has 0 aliphatic carbocycles. The van der Waals surface area contributed by atoms with Crippen molar-refractivity contribution in [1.82, 2.24) is 10.3 Å². The van der Waals surface area contributed by atoms with Crippen LogP contribution < -0.4 is 11.1 Å². The van der Waals surface area contributed by atoms with E-state index >= 15 is 0 Å². The topological polar surface area (TPSA) is 70.9 Å². The Hall–Kier alpha value is -1.97. The summed E-state index contributed by atoms with van der Waals surface area (Å²) >= 11 is 0. The lowest BCUT2D eigenvalue weighted by Crippen LogP contribution is -2.30. The molecule has 2 rings (SSSR count). The minimum absolute atomic E-state index is 0.476. The first kappa shape index (κ1) is 9.58. The first-order chi connectivity index (χ1) is 7.25. The molecule has 0 spiro atoms. The summed E-state index contributed by atoms with van der Waals surface area (Å²) in [5, 5.41) is 3.76. The molecule has 2 amide bonds. The zero-order valence-electron chi connectivity index (χ0n) is 8.29. The summed E-state index contributed by atoms with van der Waals surface area (Å²) in [6, 6.07) is 7.75. The Morgan fingerprint density at radius 2 is 2.27 bits per heavy atom. The number of primary amides is 1. The summed E-state index contributed by atoms with van der Waals surface area (Å²) in [6.45, 7) is 0.571. The second kappa shape index (κ2) is 4.04. The van der Waals surface area contributed by atoms with Crippen molar-refractivity contribution in [3.05, 3.63) is 36.0 Å². The molecule has 1 aromatic heterocycles. The minimum atomic E-state index is -0.476. The number of benzene rings is 1. The molecule has 0 radical (unpaired) electrons. The highest BCUT2D eigenvalue weighted by Gasteiger charge is 1.98. The minimum Gasteiger partial charge on any atom is -0.361 e. The highest BCUT2D eigenvalue weighted by molar-refractivity contribution is 5.79. The van der Waals surface area contributed by atoms with Crippen LogP contribution in [0, 0.1) is 0 Å². The van der Waals surface area contributed by atoms with Gasteiger partial charge in [0.15, 0.2) is 0 Å². The van der Waals surface area contributed by atoms with Crippen molar-refractivity contribution in [2.45, 2.75) is 6.42 Å². The van der Waals surface area contributed by atoms with Gasteiger partial charge < -0.3 is 16.0 Å². The molecule has 1 aromatic carbocycles. The third kappa shape index (κ3) is 2.28. The maximum absolute atomic E-state index is 10.5. The third-order valence-corrected chi connectivity index (χ3v) is 2.33. The Balaban J connectivity index is 2.04. The predicted octanol–water partition coefficient (Wildman–Crippen LogP) is 1.38. The second-order valence-electron chi connectivity index (χ2n) is 3.44. The van der Waals surface area contributed by atoms with Gasteiger partial charge in [0.1, 0.15) is 0 Å². The van der Waals surface area contributed by atoms with Gasteiger partial charge in [-0.25, -0.2) is 4.79 Å². The molecule has 0 fully saturated rings. The summed E-state index contributed by atoms with van der Waals surface area (Å²) in [5.74, 6) is 0. The monoisotopic (exact) mass is 203 g/mol. The third-order valence-electron chi connectivity index (χ3n) is 2.33. The van der Waals surface area contributed by atoms with Crippen LogP contribution in [0.1, 0.15) is 5.56 Å². The van der Waals surface area contributed by atoms with Crippen LogP contribution in [0.4, 0.5) is 4.79 Å². The number of fused-ring (bicyclic) bond motifs is 1. The van der Waals surface area contributed by atoms with Crippen molar-refractivity contribution in [1.29, 1.82) is 0 Å². The number of nitrogens with one attached hydrogen (secondary N) is 2. The quantitative estimate of drug-likeness (QED) is 0.692. The van der Waals surface area contributed by atoms with Gasteiger partial charge in [0, 0.05) is 18.3 Å². The standard InChI is InChI=1S/C11H13N3O/c12-11(15)14-5-3-8-1-2-9-4-6-13-10(9)7-8/h1-2,4,6-7,13H,3,5H2,(H3,12,14,15). The Kier molecular flexibility index (Phi) is 2.58. The van der Waals surface area contributed by atoms with Gasteiger partial charge in [-0.1, -0.05) is 12.1 Å². The predicted molar refractivity (Wildman–Crippen MR) is 59.6 cm³/mol. The number of amides is 2. The molecule has 4 heteroatoms. The molecular formula is C11H13N3O. The SMILES string of the molecule is NC(=O)NCCc1ccc2cc[nH]c2c1. The number of aromatic nitrogens is 1. The zero-order chi connectivity index (χ0) is 10.7. The number of nitrogens with two attached hydrogens (primary N) is 1. The fraction of sp³-hybridized carbons (Fsp3) is 0.182. The summed E-state index contributed by atoms with van der Waals surface area (Å²) in [6.07, 6.45) is 2.70. The van der Waals surface area contributed by atoms with Crippen molar-refractivity contribution in [2.24, 2.45) is 5.73 Å². The van der Waals surface area contributed by atoms with E-state index in [0.717, 1.165) is 11.9 Å². The lowest BCUT2D eigenvalue weighted by molar-refractivity contribution is 0.249. The van der Waals surface area contributed by atoms with Gasteiger partial charge in [-0.15, -0.1) is 0 Å². The fourth-order valence-corrected chi connectivity index (χ4v) is 1.58. The normalized spacial score (nSPS) is 10.4. The maximum atomic E-state index is 10.5. The Bertz CT molecular complexity index is 475. The number of carbonyl (C=O) groups is 1. The largest absolute Gasteiger partial charge is 0.361 e. The number of rotatable bonds is 3. The van der Waals surface area contributed by atoms with Crippen LogP contribution in [0.2, 0.25) is 0 Å². The molecule has 4 N–H and O–H groups in total. The highest BCUT2D eigenvalue weighted by Crippen LogP contribution is 2.14. The molecule has 0 bridgehead atoms. The van der Waals surface area contributed by atoms with Crippen LogP contribution in [0.25, 0.3) is 10.9 Å². The molecule has 1 heterocycles. The molecule has 0 unspecified atom stereocenters. The van der Waals surface area contributed by atoms with Gasteiger partial charge in [-0.2, -0.15) is 0 Å². The summed E-state index contributed by atoms with van der Waals surface area (Å²) in [4.78, 5) is 13.6. The van der Waals surface area contributed by atoms with Crippen LogP contribution >= 0.6 is 0 Å². The Labute approximate surface area is 87.5 Å². The number of carbonyl (C=O) groups excluding carboxylic acids is 1. The van der Waals surface area contributed by atoms with Gasteiger partial charge >= 0.3 is 6.03 Å². The lowest BCUT2D eigenvalue weighted by Gasteiger charge is -2.02. The van der Waals surface area contributed by atoms with Gasteiger partial charge in [0.05, 0.1) is 0 Å². The second-order valence-corrected chi connectivity index (χ2v) is 3.44. The zero-order valence-corrected chi connectivity index (χ0v) is 8.29.